The second kappa shape index (κ2) is 17.2. The van der Waals surface area contributed by atoms with Crippen LogP contribution in [0.2, 0.25) is 5.02 Å². The van der Waals surface area contributed by atoms with Crippen LogP contribution < -0.4 is 10.2 Å². The van der Waals surface area contributed by atoms with E-state index in [1.165, 1.54) is 11.3 Å². The van der Waals surface area contributed by atoms with Crippen LogP contribution >= 0.6 is 19.2 Å². The summed E-state index contributed by atoms with van der Waals surface area (Å²) in [7, 11) is -2.31. The van der Waals surface area contributed by atoms with E-state index in [0.717, 1.165) is 36.9 Å². The van der Waals surface area contributed by atoms with Crippen molar-refractivity contribution in [1.82, 2.24) is 5.32 Å². The lowest BCUT2D eigenvalue weighted by atomic mass is 9.76. The van der Waals surface area contributed by atoms with Crippen molar-refractivity contribution in [3.05, 3.63) is 65.2 Å². The molecule has 2 N–H and O–H groups in total. The Morgan fingerprint density at radius 3 is 2.33 bits per heavy atom. The fourth-order valence-electron chi connectivity index (χ4n) is 5.79. The third-order valence-electron chi connectivity index (χ3n) is 7.99. The zero-order valence-electron chi connectivity index (χ0n) is 25.0. The molecule has 0 saturated heterocycles. The quantitative estimate of drug-likeness (QED) is 0.196. The Hall–Kier alpha value is -2.22. The zero-order chi connectivity index (χ0) is 30.5. The molecular formula is C32H46ClN2O6P. The lowest BCUT2D eigenvalue weighted by molar-refractivity contribution is -0.124. The molecule has 2 unspecified atom stereocenters. The molecule has 0 aliphatic heterocycles. The average molecular weight is 621 g/mol. The number of carbonyl (C=O) groups is 2. The molecule has 2 amide bonds. The number of rotatable bonds is 16. The van der Waals surface area contributed by atoms with Gasteiger partial charge in [0.2, 0.25) is 11.8 Å². The summed E-state index contributed by atoms with van der Waals surface area (Å²) in [6, 6.07) is 15.9. The largest absolute Gasteiger partial charge is 0.379 e. The first kappa shape index (κ1) is 34.3. The first-order chi connectivity index (χ1) is 20.2. The van der Waals surface area contributed by atoms with Crippen molar-refractivity contribution in [2.24, 2.45) is 11.8 Å². The van der Waals surface area contributed by atoms with Crippen LogP contribution in [0.4, 0.5) is 5.69 Å². The van der Waals surface area contributed by atoms with E-state index in [9.17, 15) is 19.3 Å². The van der Waals surface area contributed by atoms with Gasteiger partial charge in [-0.15, -0.1) is 0 Å². The maximum absolute atomic E-state index is 13.6. The summed E-state index contributed by atoms with van der Waals surface area (Å²) in [5.41, 5.74) is 1.81. The number of hydrogen-bond donors (Lipinski definition) is 2. The van der Waals surface area contributed by atoms with E-state index in [-0.39, 0.29) is 50.2 Å². The standard InChI is InChI=1S/C32H46ClN2O6P/c1-4-40-42(39,41-5-2)32(38)29(19-20-31(37)35(3)28-17-10-7-11-18-28)34-30(36)23-26(25-14-8-6-9-15-25)21-24-13-12-16-27(33)22-24/h7,10-13,16-18,22,25-26,29,32,38H,4-6,8-9,14-15,19-21,23H2,1-3H3,(H,34,36)/t26?,29-,32?/m0/s1. The molecular weight excluding hydrogens is 575 g/mol. The summed E-state index contributed by atoms with van der Waals surface area (Å²) in [5, 5.41) is 14.9. The lowest BCUT2D eigenvalue weighted by Crippen LogP contribution is -2.45. The molecule has 1 saturated carbocycles. The van der Waals surface area contributed by atoms with Gasteiger partial charge in [0.15, 0.2) is 5.85 Å². The Morgan fingerprint density at radius 2 is 1.71 bits per heavy atom. The molecule has 0 bridgehead atoms. The number of amides is 2. The fourth-order valence-corrected chi connectivity index (χ4v) is 7.77. The number of halogens is 1. The summed E-state index contributed by atoms with van der Waals surface area (Å²) in [6.45, 7) is 3.45. The minimum Gasteiger partial charge on any atom is -0.379 e. The minimum absolute atomic E-state index is 0.0141. The SMILES string of the molecule is CCOP(=O)(OCC)C(O)[C@H](CCC(=O)N(C)c1ccccc1)NC(=O)CC(Cc1cccc(Cl)c1)C1CCCCC1. The van der Waals surface area contributed by atoms with Gasteiger partial charge in [-0.05, 0) is 68.4 Å². The van der Waals surface area contributed by atoms with Crippen molar-refractivity contribution in [2.45, 2.75) is 83.5 Å². The summed E-state index contributed by atoms with van der Waals surface area (Å²) in [6.07, 6.45) is 6.65. The fraction of sp³-hybridized carbons (Fsp3) is 0.562. The van der Waals surface area contributed by atoms with E-state index >= 15 is 0 Å². The van der Waals surface area contributed by atoms with Crippen LogP contribution in [0, 0.1) is 11.8 Å². The summed E-state index contributed by atoms with van der Waals surface area (Å²) >= 11 is 6.25. The van der Waals surface area contributed by atoms with Crippen LogP contribution in [0.25, 0.3) is 0 Å². The van der Waals surface area contributed by atoms with Gasteiger partial charge >= 0.3 is 7.60 Å². The molecule has 2 aromatic carbocycles. The maximum atomic E-state index is 13.6. The highest BCUT2D eigenvalue weighted by molar-refractivity contribution is 7.54. The summed E-state index contributed by atoms with van der Waals surface area (Å²) in [5.74, 6) is -1.61. The van der Waals surface area contributed by atoms with Crippen LogP contribution in [0.5, 0.6) is 0 Å². The third kappa shape index (κ3) is 10.2. The number of aliphatic hydroxyl groups excluding tert-OH is 1. The van der Waals surface area contributed by atoms with Gasteiger partial charge in [0.05, 0.1) is 19.3 Å². The molecule has 0 radical (unpaired) electrons. The molecule has 42 heavy (non-hydrogen) atoms. The number of anilines is 1. The highest BCUT2D eigenvalue weighted by atomic mass is 35.5. The predicted molar refractivity (Wildman–Crippen MR) is 168 cm³/mol. The van der Waals surface area contributed by atoms with Gasteiger partial charge in [0, 0.05) is 30.6 Å². The minimum atomic E-state index is -3.98. The van der Waals surface area contributed by atoms with E-state index in [1.807, 2.05) is 54.6 Å². The molecule has 0 heterocycles. The molecule has 8 nitrogen and oxygen atoms in total. The van der Waals surface area contributed by atoms with Crippen molar-refractivity contribution in [1.29, 1.82) is 0 Å². The second-order valence-electron chi connectivity index (χ2n) is 11.0. The van der Waals surface area contributed by atoms with Gasteiger partial charge in [-0.3, -0.25) is 14.2 Å². The molecule has 3 rings (SSSR count). The Labute approximate surface area is 255 Å². The van der Waals surface area contributed by atoms with Gasteiger partial charge in [-0.2, -0.15) is 0 Å². The molecule has 3 atom stereocenters. The van der Waals surface area contributed by atoms with Crippen LogP contribution in [0.3, 0.4) is 0 Å². The van der Waals surface area contributed by atoms with Crippen LogP contribution in [0.15, 0.2) is 54.6 Å². The highest BCUT2D eigenvalue weighted by Crippen LogP contribution is 2.53. The van der Waals surface area contributed by atoms with E-state index in [4.69, 9.17) is 20.6 Å². The molecule has 0 spiro atoms. The smallest absolute Gasteiger partial charge is 0.360 e. The Bertz CT molecular complexity index is 1170. The Balaban J connectivity index is 1.78. The van der Waals surface area contributed by atoms with Gasteiger partial charge in [0.25, 0.3) is 0 Å². The average Bonchev–Trinajstić information content (AvgIpc) is 2.99. The number of nitrogens with zero attached hydrogens (tertiary/aromatic N) is 1. The van der Waals surface area contributed by atoms with Crippen LogP contribution in [0.1, 0.15) is 70.8 Å². The monoisotopic (exact) mass is 620 g/mol. The van der Waals surface area contributed by atoms with Gasteiger partial charge < -0.3 is 24.4 Å². The Morgan fingerprint density at radius 1 is 1.05 bits per heavy atom. The van der Waals surface area contributed by atoms with Crippen molar-refractivity contribution in [3.8, 4) is 0 Å². The second-order valence-corrected chi connectivity index (χ2v) is 13.5. The molecule has 1 aliphatic rings. The number of carbonyl (C=O) groups excluding carboxylic acids is 2. The zero-order valence-corrected chi connectivity index (χ0v) is 26.7. The topological polar surface area (TPSA) is 105 Å². The van der Waals surface area contributed by atoms with Crippen molar-refractivity contribution < 1.29 is 28.3 Å². The van der Waals surface area contributed by atoms with Gasteiger partial charge in [-0.25, -0.2) is 0 Å². The van der Waals surface area contributed by atoms with Crippen molar-refractivity contribution in [2.75, 3.05) is 25.2 Å². The van der Waals surface area contributed by atoms with Gasteiger partial charge in [0.1, 0.15) is 0 Å². The molecule has 1 fully saturated rings. The number of benzene rings is 2. The van der Waals surface area contributed by atoms with Crippen molar-refractivity contribution >= 4 is 36.7 Å². The number of para-hydroxylation sites is 1. The highest BCUT2D eigenvalue weighted by Gasteiger charge is 2.41. The van der Waals surface area contributed by atoms with E-state index in [0.29, 0.717) is 17.4 Å². The Kier molecular flexibility index (Phi) is 14.0. The van der Waals surface area contributed by atoms with E-state index in [1.54, 1.807) is 20.9 Å². The normalized spacial score (nSPS) is 16.4. The summed E-state index contributed by atoms with van der Waals surface area (Å²) < 4.78 is 24.3. The molecule has 10 heteroatoms. The maximum Gasteiger partial charge on any atom is 0.360 e. The number of aliphatic hydroxyl groups is 1. The van der Waals surface area contributed by atoms with Crippen LogP contribution in [-0.2, 0) is 29.6 Å². The summed E-state index contributed by atoms with van der Waals surface area (Å²) in [4.78, 5) is 28.2. The number of nitrogens with one attached hydrogen (secondary N) is 1. The lowest BCUT2D eigenvalue weighted by Gasteiger charge is -2.32. The number of hydrogen-bond acceptors (Lipinski definition) is 6. The molecule has 1 aliphatic carbocycles. The first-order valence-electron chi connectivity index (χ1n) is 15.1. The van der Waals surface area contributed by atoms with E-state index < -0.39 is 19.5 Å². The van der Waals surface area contributed by atoms with Gasteiger partial charge in [-0.1, -0.05) is 74.0 Å². The molecule has 232 valence electrons. The van der Waals surface area contributed by atoms with Crippen LogP contribution in [-0.4, -0.2) is 49.1 Å². The third-order valence-corrected chi connectivity index (χ3v) is 10.5. The van der Waals surface area contributed by atoms with Crippen molar-refractivity contribution in [3.63, 3.8) is 0 Å². The predicted octanol–water partition coefficient (Wildman–Crippen LogP) is 6.98. The molecule has 2 aromatic rings. The molecule has 0 aromatic heterocycles. The van der Waals surface area contributed by atoms with E-state index in [2.05, 4.69) is 5.32 Å². The first-order valence-corrected chi connectivity index (χ1v) is 17.1.